The molecule has 0 bridgehead atoms. The highest BCUT2D eigenvalue weighted by Gasteiger charge is 2.44. The molecule has 0 aromatic rings. The summed E-state index contributed by atoms with van der Waals surface area (Å²) in [4.78, 5) is 37.3. The number of unbranched alkanes of at least 4 members (excludes halogenated alkanes) is 16. The van der Waals surface area contributed by atoms with Crippen LogP contribution in [0.4, 0.5) is 0 Å². The van der Waals surface area contributed by atoms with Crippen LogP contribution in [-0.2, 0) is 23.9 Å². The second-order valence-electron chi connectivity index (χ2n) is 12.5. The highest BCUT2D eigenvalue weighted by molar-refractivity contribution is 7.99. The topological polar surface area (TPSA) is 128 Å². The lowest BCUT2D eigenvalue weighted by Gasteiger charge is -2.20. The molecule has 0 aromatic heterocycles. The Labute approximate surface area is 266 Å². The molecular formula is C34H64N2O6S. The first-order chi connectivity index (χ1) is 20.9. The quantitative estimate of drug-likeness (QED) is 0.0574. The molecule has 252 valence electrons. The number of thioether (sulfide) groups is 1. The number of carbonyl (C=O) groups excluding carboxylic acids is 3. The molecule has 1 aliphatic rings. The average molecular weight is 629 g/mol. The number of aliphatic hydroxyl groups excluding tert-OH is 1. The zero-order valence-electron chi connectivity index (χ0n) is 27.5. The van der Waals surface area contributed by atoms with Crippen LogP contribution in [0.15, 0.2) is 0 Å². The van der Waals surface area contributed by atoms with Crippen molar-refractivity contribution in [3.05, 3.63) is 0 Å². The highest BCUT2D eigenvalue weighted by Crippen LogP contribution is 2.34. The second-order valence-corrected chi connectivity index (χ2v) is 13.6. The first-order valence-corrected chi connectivity index (χ1v) is 18.6. The SMILES string of the molecule is CCCCCCCCCCCC(=O)OC[C@H](CSC[C@@H](N)C(=O)NC1(CO)CC1)OC(=O)CCCCCCCCCCC. The van der Waals surface area contributed by atoms with E-state index in [4.69, 9.17) is 15.2 Å². The van der Waals surface area contributed by atoms with Gasteiger partial charge in [0, 0.05) is 24.3 Å². The molecule has 0 spiro atoms. The Hall–Kier alpha value is -1.32. The van der Waals surface area contributed by atoms with Gasteiger partial charge < -0.3 is 25.6 Å². The van der Waals surface area contributed by atoms with E-state index < -0.39 is 17.7 Å². The monoisotopic (exact) mass is 628 g/mol. The van der Waals surface area contributed by atoms with E-state index >= 15 is 0 Å². The van der Waals surface area contributed by atoms with E-state index in [9.17, 15) is 19.5 Å². The van der Waals surface area contributed by atoms with Gasteiger partial charge in [-0.3, -0.25) is 14.4 Å². The van der Waals surface area contributed by atoms with Crippen molar-refractivity contribution in [3.8, 4) is 0 Å². The van der Waals surface area contributed by atoms with E-state index in [1.807, 2.05) is 0 Å². The Bertz CT molecular complexity index is 734. The molecule has 0 aromatic carbocycles. The lowest BCUT2D eigenvalue weighted by Crippen LogP contribution is -2.49. The Kier molecular flexibility index (Phi) is 24.0. The standard InChI is InChI=1S/C34H64N2O6S/c1-3-5-7-9-11-13-15-17-19-21-31(38)41-25-29(26-43-27-30(35)33(40)36-34(28-37)23-24-34)42-32(39)22-20-18-16-14-12-10-8-6-4-2/h29-30,37H,3-28,35H2,1-2H3,(H,36,40)/t29-,30-/m1/s1. The lowest BCUT2D eigenvalue weighted by atomic mass is 10.1. The number of ether oxygens (including phenoxy) is 2. The van der Waals surface area contributed by atoms with Gasteiger partial charge in [0.1, 0.15) is 12.7 Å². The van der Waals surface area contributed by atoms with Gasteiger partial charge in [0.2, 0.25) is 5.91 Å². The maximum absolute atomic E-state index is 12.6. The fourth-order valence-electron chi connectivity index (χ4n) is 5.01. The number of nitrogens with one attached hydrogen (secondary N) is 1. The van der Waals surface area contributed by atoms with Gasteiger partial charge in [-0.2, -0.15) is 11.8 Å². The van der Waals surface area contributed by atoms with Gasteiger partial charge in [-0.1, -0.05) is 117 Å². The molecule has 4 N–H and O–H groups in total. The van der Waals surface area contributed by atoms with Crippen molar-refractivity contribution in [3.63, 3.8) is 0 Å². The molecule has 43 heavy (non-hydrogen) atoms. The predicted octanol–water partition coefficient (Wildman–Crippen LogP) is 6.98. The molecule has 1 rings (SSSR count). The second kappa shape index (κ2) is 26.0. The van der Waals surface area contributed by atoms with Crippen molar-refractivity contribution in [2.75, 3.05) is 24.7 Å². The van der Waals surface area contributed by atoms with Crippen LogP contribution in [0.5, 0.6) is 0 Å². The van der Waals surface area contributed by atoms with E-state index in [1.165, 1.54) is 88.8 Å². The molecular weight excluding hydrogens is 564 g/mol. The largest absolute Gasteiger partial charge is 0.462 e. The zero-order chi connectivity index (χ0) is 31.6. The van der Waals surface area contributed by atoms with E-state index in [0.29, 0.717) is 24.3 Å². The Morgan fingerprint density at radius 3 is 1.67 bits per heavy atom. The van der Waals surface area contributed by atoms with Crippen LogP contribution >= 0.6 is 11.8 Å². The van der Waals surface area contributed by atoms with Crippen LogP contribution in [0.25, 0.3) is 0 Å². The van der Waals surface area contributed by atoms with Crippen molar-refractivity contribution < 1.29 is 29.0 Å². The van der Waals surface area contributed by atoms with Crippen molar-refractivity contribution in [2.45, 2.75) is 173 Å². The third kappa shape index (κ3) is 21.9. The minimum atomic E-state index is -0.735. The number of hydrogen-bond acceptors (Lipinski definition) is 8. The summed E-state index contributed by atoms with van der Waals surface area (Å²) in [5, 5.41) is 12.3. The van der Waals surface area contributed by atoms with Gasteiger partial charge in [-0.15, -0.1) is 0 Å². The van der Waals surface area contributed by atoms with Crippen LogP contribution in [0.1, 0.15) is 155 Å². The molecule has 0 aliphatic heterocycles. The smallest absolute Gasteiger partial charge is 0.306 e. The summed E-state index contributed by atoms with van der Waals surface area (Å²) in [7, 11) is 0. The number of amides is 1. The maximum atomic E-state index is 12.6. The number of nitrogens with two attached hydrogens (primary N) is 1. The summed E-state index contributed by atoms with van der Waals surface area (Å²) in [6.45, 7) is 4.38. The van der Waals surface area contributed by atoms with E-state index in [2.05, 4.69) is 19.2 Å². The number of esters is 2. The van der Waals surface area contributed by atoms with Gasteiger partial charge in [0.05, 0.1) is 18.2 Å². The van der Waals surface area contributed by atoms with E-state index in [0.717, 1.165) is 51.4 Å². The van der Waals surface area contributed by atoms with Crippen LogP contribution in [0, 0.1) is 0 Å². The summed E-state index contributed by atoms with van der Waals surface area (Å²) < 4.78 is 11.2. The number of carbonyl (C=O) groups is 3. The third-order valence-corrected chi connectivity index (χ3v) is 9.38. The first-order valence-electron chi connectivity index (χ1n) is 17.5. The van der Waals surface area contributed by atoms with Gasteiger partial charge in [0.25, 0.3) is 0 Å². The Balaban J connectivity index is 2.35. The molecule has 9 heteroatoms. The molecule has 8 nitrogen and oxygen atoms in total. The molecule has 2 atom stereocenters. The number of rotatable bonds is 30. The fraction of sp³-hybridized carbons (Fsp3) is 0.912. The van der Waals surface area contributed by atoms with Crippen LogP contribution in [0.3, 0.4) is 0 Å². The molecule has 1 fully saturated rings. The van der Waals surface area contributed by atoms with Crippen LogP contribution in [0.2, 0.25) is 0 Å². The first kappa shape index (κ1) is 39.7. The van der Waals surface area contributed by atoms with E-state index in [-0.39, 0.29) is 31.1 Å². The summed E-state index contributed by atoms with van der Waals surface area (Å²) >= 11 is 1.41. The van der Waals surface area contributed by atoms with Crippen molar-refractivity contribution in [1.82, 2.24) is 5.32 Å². The van der Waals surface area contributed by atoms with Crippen LogP contribution < -0.4 is 11.1 Å². The normalized spacial score (nSPS) is 15.1. The molecule has 0 saturated heterocycles. The molecule has 0 unspecified atom stereocenters. The van der Waals surface area contributed by atoms with Crippen molar-refractivity contribution >= 4 is 29.6 Å². The predicted molar refractivity (Wildman–Crippen MR) is 177 cm³/mol. The van der Waals surface area contributed by atoms with E-state index in [1.54, 1.807) is 0 Å². The summed E-state index contributed by atoms with van der Waals surface area (Å²) in [6.07, 6.45) is 22.9. The Morgan fingerprint density at radius 2 is 1.21 bits per heavy atom. The molecule has 1 saturated carbocycles. The highest BCUT2D eigenvalue weighted by atomic mass is 32.2. The zero-order valence-corrected chi connectivity index (χ0v) is 28.3. The van der Waals surface area contributed by atoms with Crippen LogP contribution in [-0.4, -0.2) is 65.4 Å². The molecule has 1 amide bonds. The van der Waals surface area contributed by atoms with Gasteiger partial charge >= 0.3 is 11.9 Å². The van der Waals surface area contributed by atoms with Gasteiger partial charge in [-0.05, 0) is 25.7 Å². The molecule has 0 heterocycles. The molecule has 1 aliphatic carbocycles. The van der Waals surface area contributed by atoms with Crippen molar-refractivity contribution in [2.24, 2.45) is 5.73 Å². The minimum absolute atomic E-state index is 0.0157. The number of hydrogen-bond donors (Lipinski definition) is 3. The lowest BCUT2D eigenvalue weighted by molar-refractivity contribution is -0.157. The summed E-state index contributed by atoms with van der Waals surface area (Å²) in [6, 6.07) is -0.735. The van der Waals surface area contributed by atoms with Gasteiger partial charge in [-0.25, -0.2) is 0 Å². The average Bonchev–Trinajstić information content (AvgIpc) is 3.77. The Morgan fingerprint density at radius 1 is 0.744 bits per heavy atom. The minimum Gasteiger partial charge on any atom is -0.462 e. The van der Waals surface area contributed by atoms with Gasteiger partial charge in [0.15, 0.2) is 0 Å². The summed E-state index contributed by atoms with van der Waals surface area (Å²) in [5.41, 5.74) is 5.56. The molecule has 0 radical (unpaired) electrons. The summed E-state index contributed by atoms with van der Waals surface area (Å²) in [5.74, 6) is -0.0928. The maximum Gasteiger partial charge on any atom is 0.306 e. The fourth-order valence-corrected chi connectivity index (χ4v) is 5.98. The van der Waals surface area contributed by atoms with Crippen molar-refractivity contribution in [1.29, 1.82) is 0 Å². The third-order valence-electron chi connectivity index (χ3n) is 8.18. The number of aliphatic hydroxyl groups is 1.